The zero-order chi connectivity index (χ0) is 30.2. The highest BCUT2D eigenvalue weighted by molar-refractivity contribution is 8.00. The largest absolute Gasteiger partial charge is 0.493 e. The first-order valence-electron chi connectivity index (χ1n) is 13.8. The summed E-state index contributed by atoms with van der Waals surface area (Å²) in [6.07, 6.45) is 1.35. The Bertz CT molecular complexity index is 1590. The predicted molar refractivity (Wildman–Crippen MR) is 169 cm³/mol. The third-order valence-electron chi connectivity index (χ3n) is 7.05. The van der Waals surface area contributed by atoms with Crippen LogP contribution in [0.3, 0.4) is 0 Å². The number of anilines is 1. The molecule has 8 heteroatoms. The first kappa shape index (κ1) is 30.5. The van der Waals surface area contributed by atoms with Gasteiger partial charge in [-0.1, -0.05) is 74.1 Å². The molecule has 0 aliphatic rings. The van der Waals surface area contributed by atoms with Gasteiger partial charge in [0, 0.05) is 16.8 Å². The summed E-state index contributed by atoms with van der Waals surface area (Å²) in [6.45, 7) is 6.02. The lowest BCUT2D eigenvalue weighted by atomic mass is 9.98. The standard InChI is InChI=1S/C34H35N3O4S/c1-7-22-16-12-13-21(3)31(22)37-33(38)30(8-2)42-34-26(20-35)25(19-27(36-34)23-14-10-9-11-15-23)24-17-28(39-4)32(41-6)29(18-24)40-5/h9-19,30H,7-8H2,1-6H3,(H,37,38). The van der Waals surface area contributed by atoms with Gasteiger partial charge in [0.1, 0.15) is 11.1 Å². The number of rotatable bonds is 11. The number of aromatic nitrogens is 1. The lowest BCUT2D eigenvalue weighted by molar-refractivity contribution is -0.115. The number of hydrogen-bond donors (Lipinski definition) is 1. The Morgan fingerprint density at radius 2 is 1.64 bits per heavy atom. The van der Waals surface area contributed by atoms with Gasteiger partial charge in [0.15, 0.2) is 11.5 Å². The van der Waals surface area contributed by atoms with Crippen LogP contribution in [-0.4, -0.2) is 37.5 Å². The molecule has 0 aliphatic carbocycles. The number of nitrogens with one attached hydrogen (secondary N) is 1. The van der Waals surface area contributed by atoms with Gasteiger partial charge in [-0.25, -0.2) is 4.98 Å². The fourth-order valence-electron chi connectivity index (χ4n) is 4.80. The SMILES string of the molecule is CCc1cccc(C)c1NC(=O)C(CC)Sc1nc(-c2ccccc2)cc(-c2cc(OC)c(OC)c(OC)c2)c1C#N. The molecule has 0 radical (unpaired) electrons. The second-order valence-electron chi connectivity index (χ2n) is 9.59. The maximum atomic E-state index is 13.6. The summed E-state index contributed by atoms with van der Waals surface area (Å²) in [5, 5.41) is 13.6. The third-order valence-corrected chi connectivity index (χ3v) is 8.40. The minimum atomic E-state index is -0.479. The first-order chi connectivity index (χ1) is 20.4. The van der Waals surface area contributed by atoms with E-state index < -0.39 is 5.25 Å². The topological polar surface area (TPSA) is 93.5 Å². The third kappa shape index (κ3) is 6.37. The van der Waals surface area contributed by atoms with E-state index in [2.05, 4.69) is 18.3 Å². The highest BCUT2D eigenvalue weighted by Crippen LogP contribution is 2.44. The molecular weight excluding hydrogens is 546 g/mol. The van der Waals surface area contributed by atoms with E-state index in [4.69, 9.17) is 19.2 Å². The highest BCUT2D eigenvalue weighted by atomic mass is 32.2. The van der Waals surface area contributed by atoms with Gasteiger partial charge in [0.05, 0.1) is 37.8 Å². The summed E-state index contributed by atoms with van der Waals surface area (Å²) in [7, 11) is 4.66. The molecule has 4 aromatic rings. The number of methoxy groups -OCH3 is 3. The summed E-state index contributed by atoms with van der Waals surface area (Å²) in [4.78, 5) is 18.5. The maximum absolute atomic E-state index is 13.6. The van der Waals surface area contributed by atoms with Crippen LogP contribution >= 0.6 is 11.8 Å². The van der Waals surface area contributed by atoms with Gasteiger partial charge >= 0.3 is 0 Å². The number of nitrogens with zero attached hydrogens (tertiary/aromatic N) is 2. The van der Waals surface area contributed by atoms with Crippen molar-refractivity contribution in [3.8, 4) is 45.7 Å². The van der Waals surface area contributed by atoms with Crippen molar-refractivity contribution in [1.82, 2.24) is 4.98 Å². The number of aryl methyl sites for hydroxylation is 2. The minimum absolute atomic E-state index is 0.128. The number of pyridine rings is 1. The van der Waals surface area contributed by atoms with Gasteiger partial charge in [0.25, 0.3) is 0 Å². The molecule has 0 saturated carbocycles. The summed E-state index contributed by atoms with van der Waals surface area (Å²) in [6, 6.07) is 23.7. The van der Waals surface area contributed by atoms with Crippen LogP contribution in [0.25, 0.3) is 22.4 Å². The molecule has 0 fully saturated rings. The normalized spacial score (nSPS) is 11.4. The lowest BCUT2D eigenvalue weighted by Crippen LogP contribution is -2.26. The van der Waals surface area contributed by atoms with E-state index in [0.29, 0.717) is 51.1 Å². The second kappa shape index (κ2) is 13.9. The molecule has 1 atom stereocenters. The number of carbonyl (C=O) groups is 1. The number of carbonyl (C=O) groups excluding carboxylic acids is 1. The van der Waals surface area contributed by atoms with Gasteiger partial charge in [-0.3, -0.25) is 4.79 Å². The Morgan fingerprint density at radius 3 is 2.21 bits per heavy atom. The fourth-order valence-corrected chi connectivity index (χ4v) is 5.83. The number of nitriles is 1. The summed E-state index contributed by atoms with van der Waals surface area (Å²) >= 11 is 1.30. The summed E-state index contributed by atoms with van der Waals surface area (Å²) in [5.41, 5.74) is 6.22. The van der Waals surface area contributed by atoms with Crippen molar-refractivity contribution in [2.45, 2.75) is 43.9 Å². The Kier molecular flexibility index (Phi) is 10.1. The molecule has 216 valence electrons. The monoisotopic (exact) mass is 581 g/mol. The van der Waals surface area contributed by atoms with Crippen molar-refractivity contribution < 1.29 is 19.0 Å². The molecule has 1 heterocycles. The summed E-state index contributed by atoms with van der Waals surface area (Å²) in [5.74, 6) is 1.27. The van der Waals surface area contributed by atoms with Crippen molar-refractivity contribution in [3.05, 3.63) is 83.4 Å². The molecule has 0 aliphatic heterocycles. The van der Waals surface area contributed by atoms with Gasteiger partial charge in [-0.05, 0) is 54.7 Å². The predicted octanol–water partition coefficient (Wildman–Crippen LogP) is 7.69. The minimum Gasteiger partial charge on any atom is -0.493 e. The van der Waals surface area contributed by atoms with Crippen LogP contribution in [0.5, 0.6) is 17.2 Å². The molecule has 1 unspecified atom stereocenters. The Balaban J connectivity index is 1.85. The van der Waals surface area contributed by atoms with Crippen molar-refractivity contribution in [3.63, 3.8) is 0 Å². The number of thioether (sulfide) groups is 1. The van der Waals surface area contributed by atoms with E-state index in [-0.39, 0.29) is 5.91 Å². The van der Waals surface area contributed by atoms with E-state index in [1.54, 1.807) is 21.3 Å². The Morgan fingerprint density at radius 1 is 0.952 bits per heavy atom. The molecule has 0 bridgehead atoms. The Labute approximate surface area is 251 Å². The van der Waals surface area contributed by atoms with Crippen LogP contribution in [0.15, 0.2) is 71.8 Å². The van der Waals surface area contributed by atoms with Crippen LogP contribution in [0.2, 0.25) is 0 Å². The number of para-hydroxylation sites is 1. The lowest BCUT2D eigenvalue weighted by Gasteiger charge is -2.20. The number of hydrogen-bond acceptors (Lipinski definition) is 7. The van der Waals surface area contributed by atoms with Crippen molar-refractivity contribution in [2.75, 3.05) is 26.6 Å². The van der Waals surface area contributed by atoms with E-state index >= 15 is 0 Å². The van der Waals surface area contributed by atoms with Crippen molar-refractivity contribution in [2.24, 2.45) is 0 Å². The molecule has 4 rings (SSSR count). The Hall–Kier alpha value is -4.48. The second-order valence-corrected chi connectivity index (χ2v) is 10.8. The van der Waals surface area contributed by atoms with Crippen LogP contribution in [0.1, 0.15) is 37.0 Å². The molecule has 42 heavy (non-hydrogen) atoms. The molecular formula is C34H35N3O4S. The average Bonchev–Trinajstić information content (AvgIpc) is 3.03. The van der Waals surface area contributed by atoms with Crippen LogP contribution in [-0.2, 0) is 11.2 Å². The number of amides is 1. The number of benzene rings is 3. The molecule has 7 nitrogen and oxygen atoms in total. The highest BCUT2D eigenvalue weighted by Gasteiger charge is 2.25. The van der Waals surface area contributed by atoms with Gasteiger partial charge in [-0.2, -0.15) is 5.26 Å². The van der Waals surface area contributed by atoms with Gasteiger partial charge < -0.3 is 19.5 Å². The van der Waals surface area contributed by atoms with E-state index in [1.165, 1.54) is 11.8 Å². The van der Waals surface area contributed by atoms with Crippen LogP contribution in [0, 0.1) is 18.3 Å². The number of ether oxygens (including phenoxy) is 3. The van der Waals surface area contributed by atoms with Crippen LogP contribution in [0.4, 0.5) is 5.69 Å². The van der Waals surface area contributed by atoms with E-state index in [1.807, 2.05) is 80.6 Å². The molecule has 0 spiro atoms. The van der Waals surface area contributed by atoms with Gasteiger partial charge in [-0.15, -0.1) is 0 Å². The quantitative estimate of drug-likeness (QED) is 0.181. The molecule has 0 saturated heterocycles. The first-order valence-corrected chi connectivity index (χ1v) is 14.6. The zero-order valence-electron chi connectivity index (χ0n) is 24.8. The molecule has 3 aromatic carbocycles. The fraction of sp³-hybridized carbons (Fsp3) is 0.265. The van der Waals surface area contributed by atoms with E-state index in [9.17, 15) is 10.1 Å². The smallest absolute Gasteiger partial charge is 0.237 e. The van der Waals surface area contributed by atoms with Gasteiger partial charge in [0.2, 0.25) is 11.7 Å². The molecule has 1 amide bonds. The molecule has 1 aromatic heterocycles. The summed E-state index contributed by atoms with van der Waals surface area (Å²) < 4.78 is 16.7. The van der Waals surface area contributed by atoms with E-state index in [0.717, 1.165) is 28.8 Å². The molecule has 1 N–H and O–H groups in total. The zero-order valence-corrected chi connectivity index (χ0v) is 25.6. The van der Waals surface area contributed by atoms with Crippen molar-refractivity contribution >= 4 is 23.4 Å². The average molecular weight is 582 g/mol. The van der Waals surface area contributed by atoms with Crippen LogP contribution < -0.4 is 19.5 Å². The van der Waals surface area contributed by atoms with Crippen molar-refractivity contribution in [1.29, 1.82) is 5.26 Å². The maximum Gasteiger partial charge on any atom is 0.237 e.